The number of hydrogen-bond acceptors (Lipinski definition) is 5. The number of benzene rings is 3. The molecule has 0 aromatic heterocycles. The molecule has 180 valence electrons. The van der Waals surface area contributed by atoms with E-state index < -0.39 is 5.91 Å². The van der Waals surface area contributed by atoms with Crippen LogP contribution in [0.15, 0.2) is 82.2 Å². The number of carbonyl (C=O) groups is 2. The number of aryl methyl sites for hydroxylation is 2. The SMILES string of the molecule is CCCCc1ccc(N2C(=O)C(Nc3cc(Cl)ccc3OC)=C(Sc3ccc(C)cc3)C2=O)cc1. The molecule has 2 amide bonds. The molecule has 0 aliphatic carbocycles. The third-order valence-corrected chi connectivity index (χ3v) is 7.04. The lowest BCUT2D eigenvalue weighted by Gasteiger charge is -2.16. The zero-order chi connectivity index (χ0) is 24.9. The van der Waals surface area contributed by atoms with Crippen molar-refractivity contribution >= 4 is 46.6 Å². The number of nitrogens with one attached hydrogen (secondary N) is 1. The van der Waals surface area contributed by atoms with Crippen molar-refractivity contribution in [3.63, 3.8) is 0 Å². The standard InChI is InChI=1S/C28H27ClN2O3S/c1-4-5-6-19-9-12-21(13-10-19)31-27(32)25(30-23-17-20(29)11-16-24(23)34-3)26(28(31)33)35-22-14-7-18(2)8-15-22/h7-17,30H,4-6H2,1-3H3. The minimum atomic E-state index is -0.423. The number of thioether (sulfide) groups is 1. The Balaban J connectivity index is 1.71. The monoisotopic (exact) mass is 506 g/mol. The number of nitrogens with zero attached hydrogens (tertiary/aromatic N) is 1. The van der Waals surface area contributed by atoms with Gasteiger partial charge in [0.05, 0.1) is 18.5 Å². The van der Waals surface area contributed by atoms with Crippen LogP contribution < -0.4 is 15.0 Å². The van der Waals surface area contributed by atoms with Gasteiger partial charge in [-0.15, -0.1) is 0 Å². The van der Waals surface area contributed by atoms with Gasteiger partial charge in [0.1, 0.15) is 16.4 Å². The predicted molar refractivity (Wildman–Crippen MR) is 143 cm³/mol. The Bertz CT molecular complexity index is 1270. The molecule has 5 nitrogen and oxygen atoms in total. The molecule has 35 heavy (non-hydrogen) atoms. The van der Waals surface area contributed by atoms with Gasteiger partial charge in [-0.05, 0) is 67.8 Å². The first-order chi connectivity index (χ1) is 16.9. The number of ether oxygens (including phenoxy) is 1. The summed E-state index contributed by atoms with van der Waals surface area (Å²) in [7, 11) is 1.54. The molecule has 0 radical (unpaired) electrons. The van der Waals surface area contributed by atoms with Gasteiger partial charge in [0, 0.05) is 9.92 Å². The van der Waals surface area contributed by atoms with Crippen LogP contribution in [-0.2, 0) is 16.0 Å². The topological polar surface area (TPSA) is 58.6 Å². The van der Waals surface area contributed by atoms with Crippen molar-refractivity contribution in [3.05, 3.63) is 93.5 Å². The zero-order valence-electron chi connectivity index (χ0n) is 19.9. The first kappa shape index (κ1) is 24.9. The Morgan fingerprint density at radius 2 is 1.69 bits per heavy atom. The average Bonchev–Trinajstić information content (AvgIpc) is 3.08. The van der Waals surface area contributed by atoms with Crippen LogP contribution in [0.4, 0.5) is 11.4 Å². The van der Waals surface area contributed by atoms with E-state index in [-0.39, 0.29) is 11.6 Å². The highest BCUT2D eigenvalue weighted by Gasteiger charge is 2.40. The number of halogens is 1. The summed E-state index contributed by atoms with van der Waals surface area (Å²) in [4.78, 5) is 29.6. The molecule has 3 aromatic carbocycles. The van der Waals surface area contributed by atoms with Gasteiger partial charge in [-0.2, -0.15) is 0 Å². The minimum absolute atomic E-state index is 0.191. The van der Waals surface area contributed by atoms with Crippen LogP contribution in [0.2, 0.25) is 5.02 Å². The van der Waals surface area contributed by atoms with Gasteiger partial charge in [-0.1, -0.05) is 66.5 Å². The highest BCUT2D eigenvalue weighted by molar-refractivity contribution is 8.04. The van der Waals surface area contributed by atoms with Gasteiger partial charge in [0.25, 0.3) is 11.8 Å². The highest BCUT2D eigenvalue weighted by atomic mass is 35.5. The molecule has 0 fully saturated rings. The third kappa shape index (κ3) is 5.55. The maximum atomic E-state index is 13.6. The fourth-order valence-corrected chi connectivity index (χ4v) is 4.88. The number of carbonyl (C=O) groups excluding carboxylic acids is 2. The lowest BCUT2D eigenvalue weighted by Crippen LogP contribution is -2.32. The summed E-state index contributed by atoms with van der Waals surface area (Å²) in [6.45, 7) is 4.15. The molecule has 0 atom stereocenters. The number of rotatable bonds is 9. The Morgan fingerprint density at radius 1 is 0.971 bits per heavy atom. The van der Waals surface area contributed by atoms with E-state index in [9.17, 15) is 9.59 Å². The predicted octanol–water partition coefficient (Wildman–Crippen LogP) is 6.99. The summed E-state index contributed by atoms with van der Waals surface area (Å²) in [6, 6.07) is 20.5. The number of unbranched alkanes of at least 4 members (excludes halogenated alkanes) is 1. The number of hydrogen-bond donors (Lipinski definition) is 1. The molecule has 1 aliphatic heterocycles. The highest BCUT2D eigenvalue weighted by Crippen LogP contribution is 2.39. The van der Waals surface area contributed by atoms with Crippen molar-refractivity contribution in [3.8, 4) is 5.75 Å². The smallest absolute Gasteiger partial charge is 0.283 e. The Labute approximate surface area is 215 Å². The Morgan fingerprint density at radius 3 is 2.34 bits per heavy atom. The van der Waals surface area contributed by atoms with Crippen molar-refractivity contribution in [2.24, 2.45) is 0 Å². The van der Waals surface area contributed by atoms with Crippen LogP contribution in [0.5, 0.6) is 5.75 Å². The van der Waals surface area contributed by atoms with Gasteiger partial charge in [-0.3, -0.25) is 9.59 Å². The first-order valence-electron chi connectivity index (χ1n) is 11.5. The molecular weight excluding hydrogens is 480 g/mol. The Kier molecular flexibility index (Phi) is 7.83. The molecular formula is C28H27ClN2O3S. The van der Waals surface area contributed by atoms with E-state index in [0.29, 0.717) is 27.1 Å². The molecule has 4 rings (SSSR count). The second-order valence-electron chi connectivity index (χ2n) is 8.30. The van der Waals surface area contributed by atoms with Crippen LogP contribution in [0.25, 0.3) is 0 Å². The van der Waals surface area contributed by atoms with Crippen molar-refractivity contribution in [2.75, 3.05) is 17.3 Å². The van der Waals surface area contributed by atoms with Crippen molar-refractivity contribution < 1.29 is 14.3 Å². The summed E-state index contributed by atoms with van der Waals surface area (Å²) in [5.74, 6) is -0.279. The lowest BCUT2D eigenvalue weighted by atomic mass is 10.1. The van der Waals surface area contributed by atoms with E-state index in [0.717, 1.165) is 29.7 Å². The molecule has 0 spiro atoms. The number of methoxy groups -OCH3 is 1. The van der Waals surface area contributed by atoms with E-state index in [2.05, 4.69) is 12.2 Å². The molecule has 0 saturated heterocycles. The van der Waals surface area contributed by atoms with Gasteiger partial charge in [-0.25, -0.2) is 4.90 Å². The lowest BCUT2D eigenvalue weighted by molar-refractivity contribution is -0.120. The second kappa shape index (κ2) is 11.0. The molecule has 3 aromatic rings. The Hall–Kier alpha value is -3.22. The first-order valence-corrected chi connectivity index (χ1v) is 12.7. The maximum absolute atomic E-state index is 13.6. The van der Waals surface area contributed by atoms with Gasteiger partial charge < -0.3 is 10.1 Å². The fraction of sp³-hybridized carbons (Fsp3) is 0.214. The third-order valence-electron chi connectivity index (χ3n) is 5.72. The molecule has 0 saturated carbocycles. The quantitative estimate of drug-likeness (QED) is 0.317. The van der Waals surface area contributed by atoms with Crippen molar-refractivity contribution in [2.45, 2.75) is 38.0 Å². The van der Waals surface area contributed by atoms with Crippen LogP contribution >= 0.6 is 23.4 Å². The summed E-state index contributed by atoms with van der Waals surface area (Å²) in [6.07, 6.45) is 3.17. The summed E-state index contributed by atoms with van der Waals surface area (Å²) in [5.41, 5.74) is 3.53. The molecule has 0 unspecified atom stereocenters. The largest absolute Gasteiger partial charge is 0.495 e. The summed E-state index contributed by atoms with van der Waals surface area (Å²) >= 11 is 7.46. The van der Waals surface area contributed by atoms with E-state index in [1.54, 1.807) is 25.3 Å². The van der Waals surface area contributed by atoms with Crippen LogP contribution in [0.1, 0.15) is 30.9 Å². The van der Waals surface area contributed by atoms with Crippen LogP contribution in [0, 0.1) is 6.92 Å². The van der Waals surface area contributed by atoms with Crippen molar-refractivity contribution in [1.82, 2.24) is 0 Å². The molecule has 1 heterocycles. The molecule has 1 aliphatic rings. The zero-order valence-corrected chi connectivity index (χ0v) is 21.5. The van der Waals surface area contributed by atoms with Gasteiger partial charge >= 0.3 is 0 Å². The van der Waals surface area contributed by atoms with E-state index >= 15 is 0 Å². The number of amides is 2. The molecule has 0 bridgehead atoms. The van der Waals surface area contributed by atoms with Crippen LogP contribution in [-0.4, -0.2) is 18.9 Å². The van der Waals surface area contributed by atoms with E-state index in [1.165, 1.54) is 22.2 Å². The summed E-state index contributed by atoms with van der Waals surface area (Å²) in [5, 5.41) is 3.62. The fourth-order valence-electron chi connectivity index (χ4n) is 3.78. The minimum Gasteiger partial charge on any atom is -0.495 e. The van der Waals surface area contributed by atoms with Crippen LogP contribution in [0.3, 0.4) is 0 Å². The number of anilines is 2. The van der Waals surface area contributed by atoms with E-state index in [1.807, 2.05) is 55.5 Å². The number of imide groups is 1. The van der Waals surface area contributed by atoms with Gasteiger partial charge in [0.2, 0.25) is 0 Å². The second-order valence-corrected chi connectivity index (χ2v) is 9.82. The molecule has 7 heteroatoms. The molecule has 1 N–H and O–H groups in total. The summed E-state index contributed by atoms with van der Waals surface area (Å²) < 4.78 is 5.44. The van der Waals surface area contributed by atoms with E-state index in [4.69, 9.17) is 16.3 Å². The average molecular weight is 507 g/mol. The van der Waals surface area contributed by atoms with Gasteiger partial charge in [0.15, 0.2) is 0 Å². The maximum Gasteiger partial charge on any atom is 0.283 e. The normalized spacial score (nSPS) is 13.5. The van der Waals surface area contributed by atoms with Crippen molar-refractivity contribution in [1.29, 1.82) is 0 Å².